The van der Waals surface area contributed by atoms with Crippen molar-refractivity contribution in [3.8, 4) is 0 Å². The van der Waals surface area contributed by atoms with Gasteiger partial charge in [-0.25, -0.2) is 0 Å². The minimum absolute atomic E-state index is 0.413. The molecule has 1 unspecified atom stereocenters. The van der Waals surface area contributed by atoms with Crippen LogP contribution in [0.2, 0.25) is 5.02 Å². The zero-order valence-electron chi connectivity index (χ0n) is 8.97. The molecule has 1 aromatic carbocycles. The van der Waals surface area contributed by atoms with Crippen molar-refractivity contribution in [1.29, 1.82) is 0 Å². The molecule has 0 saturated heterocycles. The Morgan fingerprint density at radius 3 is 2.94 bits per heavy atom. The SMILES string of the molecule is Cc1cccc(C(O)Cn2cc(Cl)cn2)c1. The molecule has 3 nitrogen and oxygen atoms in total. The number of halogens is 1. The van der Waals surface area contributed by atoms with Crippen molar-refractivity contribution in [3.05, 3.63) is 52.8 Å². The predicted octanol–water partition coefficient (Wildman–Crippen LogP) is 2.58. The molecule has 0 spiro atoms. The Morgan fingerprint density at radius 1 is 1.50 bits per heavy atom. The average Bonchev–Trinajstić information content (AvgIpc) is 2.64. The summed E-state index contributed by atoms with van der Waals surface area (Å²) in [6, 6.07) is 7.81. The zero-order valence-corrected chi connectivity index (χ0v) is 9.72. The average molecular weight is 237 g/mol. The van der Waals surface area contributed by atoms with Crippen LogP contribution in [0.4, 0.5) is 0 Å². The first kappa shape index (κ1) is 11.2. The molecule has 4 heteroatoms. The van der Waals surface area contributed by atoms with E-state index in [2.05, 4.69) is 5.10 Å². The van der Waals surface area contributed by atoms with Gasteiger partial charge in [0.05, 0.1) is 23.9 Å². The maximum absolute atomic E-state index is 10.0. The highest BCUT2D eigenvalue weighted by molar-refractivity contribution is 6.30. The van der Waals surface area contributed by atoms with E-state index in [1.165, 1.54) is 0 Å². The molecule has 1 atom stereocenters. The Morgan fingerprint density at radius 2 is 2.31 bits per heavy atom. The van der Waals surface area contributed by atoms with Crippen molar-refractivity contribution in [3.63, 3.8) is 0 Å². The number of aliphatic hydroxyl groups excluding tert-OH is 1. The molecule has 16 heavy (non-hydrogen) atoms. The molecule has 84 valence electrons. The van der Waals surface area contributed by atoms with Crippen molar-refractivity contribution in [2.24, 2.45) is 0 Å². The van der Waals surface area contributed by atoms with E-state index in [4.69, 9.17) is 11.6 Å². The number of aliphatic hydroxyl groups is 1. The van der Waals surface area contributed by atoms with Crippen molar-refractivity contribution in [2.45, 2.75) is 19.6 Å². The van der Waals surface area contributed by atoms with Crippen LogP contribution in [0.5, 0.6) is 0 Å². The maximum Gasteiger partial charge on any atom is 0.0985 e. The van der Waals surface area contributed by atoms with E-state index in [0.29, 0.717) is 11.6 Å². The summed E-state index contributed by atoms with van der Waals surface area (Å²) in [5, 5.41) is 14.6. The van der Waals surface area contributed by atoms with Crippen LogP contribution in [0.15, 0.2) is 36.7 Å². The van der Waals surface area contributed by atoms with E-state index in [-0.39, 0.29) is 0 Å². The summed E-state index contributed by atoms with van der Waals surface area (Å²) in [5.74, 6) is 0. The molecular formula is C12H13ClN2O. The molecule has 0 saturated carbocycles. The van der Waals surface area contributed by atoms with Crippen LogP contribution in [-0.4, -0.2) is 14.9 Å². The standard InChI is InChI=1S/C12H13ClN2O/c1-9-3-2-4-10(5-9)12(16)8-15-7-11(13)6-14-15/h2-7,12,16H,8H2,1H3. The first-order valence-corrected chi connectivity index (χ1v) is 5.45. The highest BCUT2D eigenvalue weighted by Crippen LogP contribution is 2.16. The lowest BCUT2D eigenvalue weighted by Gasteiger charge is -2.11. The summed E-state index contributed by atoms with van der Waals surface area (Å²) >= 11 is 5.75. The minimum atomic E-state index is -0.559. The smallest absolute Gasteiger partial charge is 0.0985 e. The van der Waals surface area contributed by atoms with Gasteiger partial charge >= 0.3 is 0 Å². The van der Waals surface area contributed by atoms with Gasteiger partial charge in [-0.2, -0.15) is 5.10 Å². The fourth-order valence-corrected chi connectivity index (χ4v) is 1.75. The third-order valence-corrected chi connectivity index (χ3v) is 2.58. The number of rotatable bonds is 3. The first-order chi connectivity index (χ1) is 7.65. The van der Waals surface area contributed by atoms with Gasteiger partial charge in [0.15, 0.2) is 0 Å². The number of aryl methyl sites for hydroxylation is 1. The summed E-state index contributed by atoms with van der Waals surface area (Å²) in [5.41, 5.74) is 2.03. The van der Waals surface area contributed by atoms with Gasteiger partial charge in [-0.1, -0.05) is 41.4 Å². The normalized spacial score (nSPS) is 12.7. The summed E-state index contributed by atoms with van der Waals surface area (Å²) < 4.78 is 1.63. The van der Waals surface area contributed by atoms with Crippen LogP contribution in [0.25, 0.3) is 0 Å². The van der Waals surface area contributed by atoms with E-state index >= 15 is 0 Å². The highest BCUT2D eigenvalue weighted by atomic mass is 35.5. The molecule has 0 radical (unpaired) electrons. The lowest BCUT2D eigenvalue weighted by Crippen LogP contribution is -2.09. The predicted molar refractivity (Wildman–Crippen MR) is 63.4 cm³/mol. The minimum Gasteiger partial charge on any atom is -0.386 e. The largest absolute Gasteiger partial charge is 0.386 e. The van der Waals surface area contributed by atoms with Gasteiger partial charge < -0.3 is 5.11 Å². The third-order valence-electron chi connectivity index (χ3n) is 2.39. The lowest BCUT2D eigenvalue weighted by molar-refractivity contribution is 0.151. The summed E-state index contributed by atoms with van der Waals surface area (Å²) in [4.78, 5) is 0. The van der Waals surface area contributed by atoms with E-state index in [1.54, 1.807) is 17.1 Å². The molecular weight excluding hydrogens is 224 g/mol. The summed E-state index contributed by atoms with van der Waals surface area (Å²) in [6.07, 6.45) is 2.70. The van der Waals surface area contributed by atoms with E-state index in [0.717, 1.165) is 11.1 Å². The van der Waals surface area contributed by atoms with Crippen LogP contribution in [-0.2, 0) is 6.54 Å². The molecule has 0 amide bonds. The quantitative estimate of drug-likeness (QED) is 0.890. The fourth-order valence-electron chi connectivity index (χ4n) is 1.60. The van der Waals surface area contributed by atoms with Crippen molar-refractivity contribution < 1.29 is 5.11 Å². The second-order valence-corrected chi connectivity index (χ2v) is 4.25. The van der Waals surface area contributed by atoms with Crippen LogP contribution < -0.4 is 0 Å². The molecule has 2 rings (SSSR count). The second kappa shape index (κ2) is 4.68. The Bertz CT molecular complexity index is 481. The van der Waals surface area contributed by atoms with Crippen molar-refractivity contribution >= 4 is 11.6 Å². The fraction of sp³-hybridized carbons (Fsp3) is 0.250. The molecule has 0 aliphatic rings. The highest BCUT2D eigenvalue weighted by Gasteiger charge is 2.08. The first-order valence-electron chi connectivity index (χ1n) is 5.08. The number of hydrogen-bond donors (Lipinski definition) is 1. The summed E-state index contributed by atoms with van der Waals surface area (Å²) in [7, 11) is 0. The van der Waals surface area contributed by atoms with E-state index < -0.39 is 6.10 Å². The van der Waals surface area contributed by atoms with Gasteiger partial charge in [0.2, 0.25) is 0 Å². The van der Waals surface area contributed by atoms with Gasteiger partial charge in [0.1, 0.15) is 0 Å². The van der Waals surface area contributed by atoms with Crippen molar-refractivity contribution in [2.75, 3.05) is 0 Å². The topological polar surface area (TPSA) is 38.0 Å². The molecule has 2 aromatic rings. The Kier molecular flexibility index (Phi) is 3.27. The van der Waals surface area contributed by atoms with Gasteiger partial charge in [-0.05, 0) is 12.5 Å². The molecule has 0 bridgehead atoms. The van der Waals surface area contributed by atoms with Crippen molar-refractivity contribution in [1.82, 2.24) is 9.78 Å². The van der Waals surface area contributed by atoms with Gasteiger partial charge in [-0.3, -0.25) is 4.68 Å². The number of nitrogens with zero attached hydrogens (tertiary/aromatic N) is 2. The maximum atomic E-state index is 10.0. The Hall–Kier alpha value is -1.32. The van der Waals surface area contributed by atoms with Gasteiger partial charge in [-0.15, -0.1) is 0 Å². The lowest BCUT2D eigenvalue weighted by atomic mass is 10.1. The molecule has 0 fully saturated rings. The van der Waals surface area contributed by atoms with Crippen LogP contribution in [0, 0.1) is 6.92 Å². The van der Waals surface area contributed by atoms with Crippen LogP contribution >= 0.6 is 11.6 Å². The Labute approximate surface area is 99.3 Å². The zero-order chi connectivity index (χ0) is 11.5. The molecule has 1 heterocycles. The van der Waals surface area contributed by atoms with Gasteiger partial charge in [0, 0.05) is 6.20 Å². The third kappa shape index (κ3) is 2.62. The summed E-state index contributed by atoms with van der Waals surface area (Å²) in [6.45, 7) is 2.41. The van der Waals surface area contributed by atoms with E-state index in [9.17, 15) is 5.11 Å². The Balaban J connectivity index is 2.11. The molecule has 0 aliphatic heterocycles. The number of hydrogen-bond acceptors (Lipinski definition) is 2. The molecule has 1 aromatic heterocycles. The monoisotopic (exact) mass is 236 g/mol. The van der Waals surface area contributed by atoms with E-state index in [1.807, 2.05) is 31.2 Å². The van der Waals surface area contributed by atoms with Gasteiger partial charge in [0.25, 0.3) is 0 Å². The van der Waals surface area contributed by atoms with Crippen LogP contribution in [0.1, 0.15) is 17.2 Å². The van der Waals surface area contributed by atoms with Crippen LogP contribution in [0.3, 0.4) is 0 Å². The number of benzene rings is 1. The number of aromatic nitrogens is 2. The molecule has 1 N–H and O–H groups in total. The molecule has 0 aliphatic carbocycles. The second-order valence-electron chi connectivity index (χ2n) is 3.81.